The lowest BCUT2D eigenvalue weighted by atomic mass is 10.1. The molecule has 1 aliphatic rings. The smallest absolute Gasteiger partial charge is 0.387 e. The van der Waals surface area contributed by atoms with Gasteiger partial charge in [-0.05, 0) is 48.0 Å². The van der Waals surface area contributed by atoms with Crippen LogP contribution in [-0.2, 0) is 6.61 Å². The molecule has 0 radical (unpaired) electrons. The van der Waals surface area contributed by atoms with Crippen LogP contribution in [0, 0.1) is 0 Å². The summed E-state index contributed by atoms with van der Waals surface area (Å²) >= 11 is 0. The Hall–Kier alpha value is -3.92. The molecule has 0 spiro atoms. The minimum atomic E-state index is -2.93. The number of amides is 1. The highest BCUT2D eigenvalue weighted by Gasteiger charge is 2.27. The SMILES string of the molecule is O=C(Nc1ccc(OC(F)F)cc1)c1cccc2c1OCCN2c1ncc(CO)cc1O. The Balaban J connectivity index is 1.59. The first-order valence-corrected chi connectivity index (χ1v) is 9.64. The molecule has 0 aliphatic carbocycles. The summed E-state index contributed by atoms with van der Waals surface area (Å²) < 4.78 is 34.6. The quantitative estimate of drug-likeness (QED) is 0.534. The van der Waals surface area contributed by atoms with Crippen LogP contribution in [0.4, 0.5) is 26.0 Å². The number of fused-ring (bicyclic) bond motifs is 1. The van der Waals surface area contributed by atoms with E-state index in [4.69, 9.17) is 4.74 Å². The highest BCUT2D eigenvalue weighted by atomic mass is 19.3. The van der Waals surface area contributed by atoms with Gasteiger partial charge in [-0.3, -0.25) is 4.79 Å². The third-order valence-corrected chi connectivity index (χ3v) is 4.77. The molecule has 4 rings (SSSR count). The van der Waals surface area contributed by atoms with Gasteiger partial charge in [-0.2, -0.15) is 8.78 Å². The second-order valence-corrected chi connectivity index (χ2v) is 6.86. The van der Waals surface area contributed by atoms with Crippen LogP contribution in [0.1, 0.15) is 15.9 Å². The van der Waals surface area contributed by atoms with E-state index in [0.29, 0.717) is 29.2 Å². The summed E-state index contributed by atoms with van der Waals surface area (Å²) in [6.45, 7) is -2.54. The van der Waals surface area contributed by atoms with Crippen molar-refractivity contribution in [1.82, 2.24) is 4.98 Å². The topological polar surface area (TPSA) is 104 Å². The molecular weight excluding hydrogens is 424 g/mol. The minimum absolute atomic E-state index is 0.0198. The Morgan fingerprint density at radius 2 is 2.03 bits per heavy atom. The maximum atomic E-state index is 12.9. The number of nitrogens with one attached hydrogen (secondary N) is 1. The molecule has 8 nitrogen and oxygen atoms in total. The summed E-state index contributed by atoms with van der Waals surface area (Å²) in [5.74, 6) is 0.0123. The molecule has 0 fully saturated rings. The number of para-hydroxylation sites is 1. The molecule has 0 bridgehead atoms. The van der Waals surface area contributed by atoms with Crippen molar-refractivity contribution in [3.05, 3.63) is 65.9 Å². The van der Waals surface area contributed by atoms with E-state index in [9.17, 15) is 23.8 Å². The van der Waals surface area contributed by atoms with Gasteiger partial charge in [0.2, 0.25) is 0 Å². The first-order valence-electron chi connectivity index (χ1n) is 9.64. The molecule has 0 saturated heterocycles. The van der Waals surface area contributed by atoms with E-state index in [1.54, 1.807) is 23.1 Å². The molecule has 3 aromatic rings. The molecule has 1 aromatic heterocycles. The number of hydrogen-bond acceptors (Lipinski definition) is 7. The number of hydrogen-bond donors (Lipinski definition) is 3. The fourth-order valence-corrected chi connectivity index (χ4v) is 3.35. The van der Waals surface area contributed by atoms with Gasteiger partial charge in [0, 0.05) is 11.9 Å². The number of halogens is 2. The molecule has 166 valence electrons. The monoisotopic (exact) mass is 443 g/mol. The number of nitrogens with zero attached hydrogens (tertiary/aromatic N) is 2. The molecule has 0 atom stereocenters. The lowest BCUT2D eigenvalue weighted by molar-refractivity contribution is -0.0498. The van der Waals surface area contributed by atoms with E-state index in [1.807, 2.05) is 0 Å². The summed E-state index contributed by atoms with van der Waals surface area (Å²) in [5, 5.41) is 22.3. The second-order valence-electron chi connectivity index (χ2n) is 6.86. The van der Waals surface area contributed by atoms with E-state index >= 15 is 0 Å². The van der Waals surface area contributed by atoms with Crippen LogP contribution in [0.15, 0.2) is 54.7 Å². The van der Waals surface area contributed by atoms with Crippen molar-refractivity contribution in [2.75, 3.05) is 23.4 Å². The van der Waals surface area contributed by atoms with Gasteiger partial charge in [0.15, 0.2) is 17.3 Å². The number of rotatable bonds is 6. The largest absolute Gasteiger partial charge is 0.504 e. The van der Waals surface area contributed by atoms with Gasteiger partial charge in [-0.15, -0.1) is 0 Å². The fourth-order valence-electron chi connectivity index (χ4n) is 3.35. The number of carbonyl (C=O) groups is 1. The molecule has 10 heteroatoms. The summed E-state index contributed by atoms with van der Waals surface area (Å²) in [7, 11) is 0. The fraction of sp³-hybridized carbons (Fsp3) is 0.182. The minimum Gasteiger partial charge on any atom is -0.504 e. The number of ether oxygens (including phenoxy) is 2. The third-order valence-electron chi connectivity index (χ3n) is 4.77. The number of alkyl halides is 2. The second kappa shape index (κ2) is 9.06. The van der Waals surface area contributed by atoms with E-state index in [2.05, 4.69) is 15.0 Å². The van der Waals surface area contributed by atoms with Gasteiger partial charge in [0.05, 0.1) is 24.4 Å². The van der Waals surface area contributed by atoms with Crippen molar-refractivity contribution in [3.8, 4) is 17.2 Å². The zero-order valence-electron chi connectivity index (χ0n) is 16.7. The Labute approximate surface area is 181 Å². The van der Waals surface area contributed by atoms with Crippen molar-refractivity contribution in [3.63, 3.8) is 0 Å². The van der Waals surface area contributed by atoms with Crippen molar-refractivity contribution >= 4 is 23.1 Å². The summed E-state index contributed by atoms with van der Waals surface area (Å²) in [4.78, 5) is 18.9. The van der Waals surface area contributed by atoms with Gasteiger partial charge in [-0.25, -0.2) is 4.98 Å². The molecule has 2 heterocycles. The maximum absolute atomic E-state index is 12.9. The molecule has 3 N–H and O–H groups in total. The molecular formula is C22H19F2N3O5. The predicted molar refractivity (Wildman–Crippen MR) is 112 cm³/mol. The van der Waals surface area contributed by atoms with Crippen LogP contribution in [0.25, 0.3) is 0 Å². The average Bonchev–Trinajstić information content (AvgIpc) is 2.79. The molecule has 32 heavy (non-hydrogen) atoms. The molecule has 0 saturated carbocycles. The van der Waals surface area contributed by atoms with E-state index in [-0.39, 0.29) is 36.1 Å². The van der Waals surface area contributed by atoms with Crippen molar-refractivity contribution < 1.29 is 33.3 Å². The Morgan fingerprint density at radius 1 is 1.25 bits per heavy atom. The normalized spacial score (nSPS) is 12.8. The predicted octanol–water partition coefficient (Wildman–Crippen LogP) is 3.66. The molecule has 1 aliphatic heterocycles. The van der Waals surface area contributed by atoms with E-state index in [1.165, 1.54) is 36.5 Å². The van der Waals surface area contributed by atoms with E-state index in [0.717, 1.165) is 0 Å². The Kier molecular flexibility index (Phi) is 6.04. The van der Waals surface area contributed by atoms with Crippen LogP contribution in [0.2, 0.25) is 0 Å². The maximum Gasteiger partial charge on any atom is 0.387 e. The van der Waals surface area contributed by atoms with Gasteiger partial charge < -0.3 is 29.9 Å². The highest BCUT2D eigenvalue weighted by Crippen LogP contribution is 2.41. The number of anilines is 3. The van der Waals surface area contributed by atoms with Crippen LogP contribution in [0.5, 0.6) is 17.2 Å². The first kappa shape index (κ1) is 21.3. The lowest BCUT2D eigenvalue weighted by Crippen LogP contribution is -2.30. The third kappa shape index (κ3) is 4.40. The van der Waals surface area contributed by atoms with Crippen LogP contribution in [0.3, 0.4) is 0 Å². The zero-order chi connectivity index (χ0) is 22.7. The number of benzene rings is 2. The van der Waals surface area contributed by atoms with Crippen molar-refractivity contribution in [1.29, 1.82) is 0 Å². The molecule has 2 aromatic carbocycles. The number of pyridine rings is 1. The first-order chi connectivity index (χ1) is 15.5. The number of aromatic hydroxyl groups is 1. The lowest BCUT2D eigenvalue weighted by Gasteiger charge is -2.31. The van der Waals surface area contributed by atoms with Gasteiger partial charge in [0.25, 0.3) is 5.91 Å². The standard InChI is InChI=1S/C22H19F2N3O5/c23-22(24)32-15-6-4-14(5-7-15)26-21(30)16-2-1-3-17-19(16)31-9-8-27(17)20-18(29)10-13(12-28)11-25-20/h1-7,10-11,22,28-29H,8-9,12H2,(H,26,30). The average molecular weight is 443 g/mol. The number of aromatic nitrogens is 1. The number of carbonyl (C=O) groups excluding carboxylic acids is 1. The summed E-state index contributed by atoms with van der Waals surface area (Å²) in [6, 6.07) is 12.0. The van der Waals surface area contributed by atoms with Gasteiger partial charge in [0.1, 0.15) is 12.4 Å². The number of aliphatic hydroxyl groups excluding tert-OH is 1. The van der Waals surface area contributed by atoms with Crippen LogP contribution in [-0.4, -0.2) is 40.9 Å². The van der Waals surface area contributed by atoms with Crippen LogP contribution >= 0.6 is 0 Å². The Bertz CT molecular complexity index is 1130. The van der Waals surface area contributed by atoms with Crippen molar-refractivity contribution in [2.45, 2.75) is 13.2 Å². The summed E-state index contributed by atoms with van der Waals surface area (Å²) in [5.41, 5.74) is 1.66. The van der Waals surface area contributed by atoms with Gasteiger partial charge in [-0.1, -0.05) is 6.07 Å². The van der Waals surface area contributed by atoms with Gasteiger partial charge >= 0.3 is 6.61 Å². The van der Waals surface area contributed by atoms with Crippen molar-refractivity contribution in [2.24, 2.45) is 0 Å². The van der Waals surface area contributed by atoms with Crippen LogP contribution < -0.4 is 19.7 Å². The van der Waals surface area contributed by atoms with E-state index < -0.39 is 12.5 Å². The molecule has 0 unspecified atom stereocenters. The highest BCUT2D eigenvalue weighted by molar-refractivity contribution is 6.07. The molecule has 1 amide bonds. The summed E-state index contributed by atoms with van der Waals surface area (Å²) in [6.07, 6.45) is 1.46. The zero-order valence-corrected chi connectivity index (χ0v) is 16.7. The Morgan fingerprint density at radius 3 is 2.72 bits per heavy atom. The number of aliphatic hydroxyl groups is 1.